The average Bonchev–Trinajstić information content (AvgIpc) is 2.86. The molecule has 0 fully saturated rings. The first-order valence-corrected chi connectivity index (χ1v) is 6.15. The van der Waals surface area contributed by atoms with Crippen molar-refractivity contribution in [2.75, 3.05) is 5.32 Å². The quantitative estimate of drug-likeness (QED) is 0.652. The zero-order valence-electron chi connectivity index (χ0n) is 9.48. The van der Waals surface area contributed by atoms with Crippen molar-refractivity contribution in [3.05, 3.63) is 39.4 Å². The number of allylic oxidation sites excluding steroid dienone is 1. The third-order valence-electron chi connectivity index (χ3n) is 2.27. The zero-order valence-corrected chi connectivity index (χ0v) is 11.6. The fourth-order valence-electron chi connectivity index (χ4n) is 1.36. The van der Waals surface area contributed by atoms with Crippen molar-refractivity contribution >= 4 is 33.9 Å². The van der Waals surface area contributed by atoms with Gasteiger partial charge in [0.05, 0.1) is 0 Å². The van der Waals surface area contributed by atoms with Crippen LogP contribution in [0.2, 0.25) is 0 Å². The minimum atomic E-state index is 0.271. The molecular weight excluding hydrogens is 343 g/mol. The second kappa shape index (κ2) is 5.59. The Kier molecular flexibility index (Phi) is 3.88. The maximum atomic E-state index is 9.01. The second-order valence-corrected chi connectivity index (χ2v) is 4.75. The van der Waals surface area contributed by atoms with E-state index < -0.39 is 0 Å². The standard InChI is InChI=1S/C11H9IN6/c1-7-4-9(12)2-3-10(7)14-6-8(5-13)11-15-17-18-16-11/h2-4,6,14H,1H3,(H,15,16,17,18). The minimum Gasteiger partial charge on any atom is -0.360 e. The Morgan fingerprint density at radius 2 is 2.39 bits per heavy atom. The van der Waals surface area contributed by atoms with Gasteiger partial charge in [0.25, 0.3) is 0 Å². The molecular formula is C11H9IN6. The fraction of sp³-hybridized carbons (Fsp3) is 0.0909. The van der Waals surface area contributed by atoms with Gasteiger partial charge in [-0.3, -0.25) is 0 Å². The number of nitrogens with one attached hydrogen (secondary N) is 2. The first-order chi connectivity index (χ1) is 8.70. The van der Waals surface area contributed by atoms with Gasteiger partial charge in [0.1, 0.15) is 11.6 Å². The van der Waals surface area contributed by atoms with Crippen molar-refractivity contribution in [1.82, 2.24) is 20.6 Å². The Hall–Kier alpha value is -1.95. The third-order valence-corrected chi connectivity index (χ3v) is 2.94. The van der Waals surface area contributed by atoms with E-state index in [1.807, 2.05) is 25.1 Å². The molecule has 0 aliphatic rings. The molecule has 90 valence electrons. The summed E-state index contributed by atoms with van der Waals surface area (Å²) in [5, 5.41) is 25.3. The molecule has 6 nitrogen and oxygen atoms in total. The van der Waals surface area contributed by atoms with E-state index in [4.69, 9.17) is 5.26 Å². The molecule has 0 aliphatic heterocycles. The lowest BCUT2D eigenvalue weighted by molar-refractivity contribution is 0.881. The van der Waals surface area contributed by atoms with Gasteiger partial charge in [0.2, 0.25) is 5.82 Å². The van der Waals surface area contributed by atoms with Gasteiger partial charge in [-0.25, -0.2) is 0 Å². The van der Waals surface area contributed by atoms with Crippen LogP contribution in [0.15, 0.2) is 24.4 Å². The van der Waals surface area contributed by atoms with Gasteiger partial charge < -0.3 is 5.32 Å². The van der Waals surface area contributed by atoms with Crippen LogP contribution in [0.5, 0.6) is 0 Å². The lowest BCUT2D eigenvalue weighted by Gasteiger charge is -2.05. The summed E-state index contributed by atoms with van der Waals surface area (Å²) >= 11 is 2.25. The number of hydrogen-bond donors (Lipinski definition) is 2. The molecule has 0 unspecified atom stereocenters. The number of halogens is 1. The number of tetrazole rings is 1. The molecule has 0 saturated heterocycles. The molecule has 18 heavy (non-hydrogen) atoms. The van der Waals surface area contributed by atoms with E-state index in [1.165, 1.54) is 3.57 Å². The van der Waals surface area contributed by atoms with E-state index in [-0.39, 0.29) is 5.82 Å². The van der Waals surface area contributed by atoms with Crippen molar-refractivity contribution < 1.29 is 0 Å². The van der Waals surface area contributed by atoms with Crippen LogP contribution in [0, 0.1) is 21.8 Å². The molecule has 2 aromatic rings. The third kappa shape index (κ3) is 2.84. The number of benzene rings is 1. The van der Waals surface area contributed by atoms with Crippen molar-refractivity contribution in [3.63, 3.8) is 0 Å². The molecule has 0 aliphatic carbocycles. The lowest BCUT2D eigenvalue weighted by atomic mass is 10.2. The number of H-pyrrole nitrogens is 1. The topological polar surface area (TPSA) is 90.3 Å². The lowest BCUT2D eigenvalue weighted by Crippen LogP contribution is -1.95. The number of anilines is 1. The summed E-state index contributed by atoms with van der Waals surface area (Å²) in [5.74, 6) is 0.271. The van der Waals surface area contributed by atoms with Gasteiger partial charge in [-0.15, -0.1) is 10.2 Å². The molecule has 0 amide bonds. The summed E-state index contributed by atoms with van der Waals surface area (Å²) in [4.78, 5) is 0. The molecule has 0 spiro atoms. The van der Waals surface area contributed by atoms with E-state index in [2.05, 4.69) is 54.6 Å². The van der Waals surface area contributed by atoms with Crippen LogP contribution in [-0.4, -0.2) is 20.6 Å². The number of nitrogens with zero attached hydrogens (tertiary/aromatic N) is 4. The number of aryl methyl sites for hydroxylation is 1. The van der Waals surface area contributed by atoms with Crippen molar-refractivity contribution in [1.29, 1.82) is 5.26 Å². The first kappa shape index (κ1) is 12.5. The Balaban J connectivity index is 2.22. The summed E-state index contributed by atoms with van der Waals surface area (Å²) < 4.78 is 1.17. The highest BCUT2D eigenvalue weighted by atomic mass is 127. The highest BCUT2D eigenvalue weighted by Crippen LogP contribution is 2.18. The fourth-order valence-corrected chi connectivity index (χ4v) is 2.01. The van der Waals surface area contributed by atoms with E-state index in [0.717, 1.165) is 11.3 Å². The van der Waals surface area contributed by atoms with Crippen LogP contribution >= 0.6 is 22.6 Å². The summed E-state index contributed by atoms with van der Waals surface area (Å²) in [5.41, 5.74) is 2.36. The van der Waals surface area contributed by atoms with E-state index in [0.29, 0.717) is 5.57 Å². The maximum Gasteiger partial charge on any atom is 0.216 e. The van der Waals surface area contributed by atoms with E-state index in [9.17, 15) is 0 Å². The van der Waals surface area contributed by atoms with Crippen LogP contribution in [0.25, 0.3) is 5.57 Å². The number of aromatic nitrogens is 4. The summed E-state index contributed by atoms with van der Waals surface area (Å²) in [6, 6.07) is 8.02. The van der Waals surface area contributed by atoms with Crippen LogP contribution in [0.1, 0.15) is 11.4 Å². The van der Waals surface area contributed by atoms with Gasteiger partial charge >= 0.3 is 0 Å². The number of nitriles is 1. The smallest absolute Gasteiger partial charge is 0.216 e. The second-order valence-electron chi connectivity index (χ2n) is 3.51. The largest absolute Gasteiger partial charge is 0.360 e. The van der Waals surface area contributed by atoms with Gasteiger partial charge in [-0.2, -0.15) is 10.5 Å². The van der Waals surface area contributed by atoms with Crippen LogP contribution in [0.4, 0.5) is 5.69 Å². The van der Waals surface area contributed by atoms with E-state index in [1.54, 1.807) is 6.20 Å². The molecule has 1 aromatic heterocycles. The van der Waals surface area contributed by atoms with Crippen molar-refractivity contribution in [2.45, 2.75) is 6.92 Å². The van der Waals surface area contributed by atoms with Crippen LogP contribution < -0.4 is 5.32 Å². The van der Waals surface area contributed by atoms with Gasteiger partial charge in [0, 0.05) is 15.5 Å². The molecule has 0 radical (unpaired) electrons. The Labute approximate surface area is 117 Å². The van der Waals surface area contributed by atoms with Gasteiger partial charge in [-0.05, 0) is 58.5 Å². The minimum absolute atomic E-state index is 0.271. The summed E-state index contributed by atoms with van der Waals surface area (Å²) in [6.45, 7) is 2.00. The SMILES string of the molecule is Cc1cc(I)ccc1NC=C(C#N)c1nn[nH]n1. The average molecular weight is 352 g/mol. The Morgan fingerprint density at radius 3 is 3.00 bits per heavy atom. The zero-order chi connectivity index (χ0) is 13.0. The Bertz CT molecular complexity index is 611. The maximum absolute atomic E-state index is 9.01. The van der Waals surface area contributed by atoms with Crippen molar-refractivity contribution in [3.8, 4) is 6.07 Å². The van der Waals surface area contributed by atoms with Crippen LogP contribution in [0.3, 0.4) is 0 Å². The molecule has 1 aromatic carbocycles. The number of hydrogen-bond acceptors (Lipinski definition) is 5. The highest BCUT2D eigenvalue weighted by molar-refractivity contribution is 14.1. The molecule has 1 heterocycles. The van der Waals surface area contributed by atoms with Crippen LogP contribution in [-0.2, 0) is 0 Å². The molecule has 0 bridgehead atoms. The monoisotopic (exact) mass is 352 g/mol. The predicted octanol–water partition coefficient (Wildman–Crippen LogP) is 2.09. The van der Waals surface area contributed by atoms with Crippen molar-refractivity contribution in [2.24, 2.45) is 0 Å². The van der Waals surface area contributed by atoms with Gasteiger partial charge in [-0.1, -0.05) is 0 Å². The molecule has 0 saturated carbocycles. The molecule has 0 atom stereocenters. The number of aromatic amines is 1. The molecule has 7 heteroatoms. The Morgan fingerprint density at radius 1 is 1.56 bits per heavy atom. The van der Waals surface area contributed by atoms with E-state index >= 15 is 0 Å². The summed E-state index contributed by atoms with van der Waals surface area (Å²) in [7, 11) is 0. The molecule has 2 rings (SSSR count). The normalized spacial score (nSPS) is 11.1. The highest BCUT2D eigenvalue weighted by Gasteiger charge is 2.05. The molecule has 2 N–H and O–H groups in total. The summed E-state index contributed by atoms with van der Waals surface area (Å²) in [6.07, 6.45) is 1.57. The number of rotatable bonds is 3. The first-order valence-electron chi connectivity index (χ1n) is 5.07. The predicted molar refractivity (Wildman–Crippen MR) is 75.3 cm³/mol. The van der Waals surface area contributed by atoms with Gasteiger partial charge in [0.15, 0.2) is 0 Å².